The molecule has 3 aliphatic rings. The molecule has 3 fully saturated rings. The first kappa shape index (κ1) is 20.1. The lowest BCUT2D eigenvalue weighted by molar-refractivity contribution is 0.0743. The highest BCUT2D eigenvalue weighted by atomic mass is 19.2. The first-order chi connectivity index (χ1) is 13.6. The SMILES string of the molecule is C/C=C/C1CCC(C2CCC3CC(c4ccc(C)c(F)c4F)CCC3C2)CC1. The lowest BCUT2D eigenvalue weighted by Gasteiger charge is -2.45. The molecule has 1 aromatic carbocycles. The highest BCUT2D eigenvalue weighted by Gasteiger charge is 2.39. The van der Waals surface area contributed by atoms with Crippen LogP contribution < -0.4 is 0 Å². The fourth-order valence-corrected chi connectivity index (χ4v) is 6.69. The van der Waals surface area contributed by atoms with Gasteiger partial charge in [0.25, 0.3) is 0 Å². The molecule has 0 amide bonds. The molecular formula is C26H36F2. The third-order valence-corrected chi connectivity index (χ3v) is 8.35. The number of benzene rings is 1. The molecule has 4 unspecified atom stereocenters. The van der Waals surface area contributed by atoms with Crippen LogP contribution in [0.25, 0.3) is 0 Å². The molecule has 0 aliphatic heterocycles. The molecule has 3 saturated carbocycles. The average Bonchev–Trinajstić information content (AvgIpc) is 2.72. The standard InChI is InChI=1S/C26H36F2/c1-3-4-18-6-8-19(9-7-18)20-10-11-22-16-23(13-12-21(22)15-20)24-14-5-17(2)25(27)26(24)28/h3-5,14,18-23H,6-13,15-16H2,1-2H3/b4-3+. The van der Waals surface area contributed by atoms with Crippen LogP contribution in [0.4, 0.5) is 8.78 Å². The third-order valence-electron chi connectivity index (χ3n) is 8.35. The van der Waals surface area contributed by atoms with E-state index in [2.05, 4.69) is 19.1 Å². The Morgan fingerprint density at radius 3 is 2.07 bits per heavy atom. The number of fused-ring (bicyclic) bond motifs is 1. The molecule has 0 radical (unpaired) electrons. The van der Waals surface area contributed by atoms with Gasteiger partial charge in [-0.2, -0.15) is 0 Å². The van der Waals surface area contributed by atoms with Crippen LogP contribution >= 0.6 is 0 Å². The van der Waals surface area contributed by atoms with E-state index in [1.54, 1.807) is 13.0 Å². The van der Waals surface area contributed by atoms with Gasteiger partial charge in [0.05, 0.1) is 0 Å². The van der Waals surface area contributed by atoms with E-state index in [1.165, 1.54) is 51.4 Å². The monoisotopic (exact) mass is 386 g/mol. The largest absolute Gasteiger partial charge is 0.203 e. The van der Waals surface area contributed by atoms with Crippen molar-refractivity contribution in [2.45, 2.75) is 84.0 Å². The summed E-state index contributed by atoms with van der Waals surface area (Å²) in [6.07, 6.45) is 17.5. The van der Waals surface area contributed by atoms with Crippen molar-refractivity contribution in [3.05, 3.63) is 47.0 Å². The molecule has 28 heavy (non-hydrogen) atoms. The Hall–Kier alpha value is -1.18. The van der Waals surface area contributed by atoms with Crippen molar-refractivity contribution in [3.63, 3.8) is 0 Å². The number of allylic oxidation sites excluding steroid dienone is 2. The minimum atomic E-state index is -0.642. The fraction of sp³-hybridized carbons (Fsp3) is 0.692. The van der Waals surface area contributed by atoms with Crippen molar-refractivity contribution in [1.29, 1.82) is 0 Å². The van der Waals surface area contributed by atoms with Crippen molar-refractivity contribution < 1.29 is 8.78 Å². The average molecular weight is 387 g/mol. The van der Waals surface area contributed by atoms with E-state index in [-0.39, 0.29) is 5.92 Å². The molecule has 0 saturated heterocycles. The smallest absolute Gasteiger partial charge is 0.162 e. The van der Waals surface area contributed by atoms with Crippen LogP contribution in [0.15, 0.2) is 24.3 Å². The van der Waals surface area contributed by atoms with Gasteiger partial charge in [-0.15, -0.1) is 0 Å². The highest BCUT2D eigenvalue weighted by Crippen LogP contribution is 2.51. The maximum atomic E-state index is 14.5. The molecule has 0 spiro atoms. The molecule has 4 rings (SSSR count). The van der Waals surface area contributed by atoms with Gasteiger partial charge in [0.15, 0.2) is 11.6 Å². The van der Waals surface area contributed by atoms with Crippen LogP contribution in [0.1, 0.15) is 88.2 Å². The number of halogens is 2. The fourth-order valence-electron chi connectivity index (χ4n) is 6.69. The summed E-state index contributed by atoms with van der Waals surface area (Å²) in [5.41, 5.74) is 1.05. The maximum Gasteiger partial charge on any atom is 0.162 e. The van der Waals surface area contributed by atoms with Crippen LogP contribution in [0.2, 0.25) is 0 Å². The lowest BCUT2D eigenvalue weighted by atomic mass is 9.60. The first-order valence-electron chi connectivity index (χ1n) is 11.6. The van der Waals surface area contributed by atoms with Gasteiger partial charge < -0.3 is 0 Å². The molecule has 0 aromatic heterocycles. The van der Waals surface area contributed by atoms with E-state index in [1.807, 2.05) is 6.07 Å². The molecule has 3 aliphatic carbocycles. The van der Waals surface area contributed by atoms with E-state index < -0.39 is 11.6 Å². The molecule has 0 bridgehead atoms. The summed E-state index contributed by atoms with van der Waals surface area (Å²) < 4.78 is 28.5. The highest BCUT2D eigenvalue weighted by molar-refractivity contribution is 5.28. The zero-order chi connectivity index (χ0) is 19.7. The number of hydrogen-bond donors (Lipinski definition) is 0. The van der Waals surface area contributed by atoms with E-state index in [0.717, 1.165) is 42.4 Å². The van der Waals surface area contributed by atoms with Crippen LogP contribution in [0, 0.1) is 48.1 Å². The quantitative estimate of drug-likeness (QED) is 0.462. The molecule has 154 valence electrons. The van der Waals surface area contributed by atoms with Crippen LogP contribution in [0.5, 0.6) is 0 Å². The van der Waals surface area contributed by atoms with Gasteiger partial charge in [-0.25, -0.2) is 8.78 Å². The Balaban J connectivity index is 1.35. The zero-order valence-electron chi connectivity index (χ0n) is 17.6. The van der Waals surface area contributed by atoms with Crippen LogP contribution in [0.3, 0.4) is 0 Å². The van der Waals surface area contributed by atoms with Crippen molar-refractivity contribution >= 4 is 0 Å². The number of aryl methyl sites for hydroxylation is 1. The van der Waals surface area contributed by atoms with Gasteiger partial charge in [0.1, 0.15) is 0 Å². The van der Waals surface area contributed by atoms with E-state index in [4.69, 9.17) is 0 Å². The van der Waals surface area contributed by atoms with E-state index in [0.29, 0.717) is 11.1 Å². The minimum absolute atomic E-state index is 0.212. The normalized spacial score (nSPS) is 36.4. The summed E-state index contributed by atoms with van der Waals surface area (Å²) >= 11 is 0. The number of hydrogen-bond acceptors (Lipinski definition) is 0. The maximum absolute atomic E-state index is 14.5. The van der Waals surface area contributed by atoms with Gasteiger partial charge in [-0.05, 0) is 125 Å². The third kappa shape index (κ3) is 4.07. The van der Waals surface area contributed by atoms with E-state index >= 15 is 0 Å². The van der Waals surface area contributed by atoms with Crippen molar-refractivity contribution in [2.24, 2.45) is 29.6 Å². The summed E-state index contributed by atoms with van der Waals surface area (Å²) in [7, 11) is 0. The Morgan fingerprint density at radius 1 is 0.750 bits per heavy atom. The molecular weight excluding hydrogens is 350 g/mol. The van der Waals surface area contributed by atoms with Crippen LogP contribution in [-0.2, 0) is 0 Å². The lowest BCUT2D eigenvalue weighted by Crippen LogP contribution is -2.34. The molecule has 0 nitrogen and oxygen atoms in total. The predicted molar refractivity (Wildman–Crippen MR) is 112 cm³/mol. The molecule has 4 atom stereocenters. The molecule has 0 N–H and O–H groups in total. The second-order valence-electron chi connectivity index (χ2n) is 9.90. The minimum Gasteiger partial charge on any atom is -0.203 e. The summed E-state index contributed by atoms with van der Waals surface area (Å²) in [5, 5.41) is 0. The molecule has 2 heteroatoms. The topological polar surface area (TPSA) is 0 Å². The Labute approximate surface area is 169 Å². The number of rotatable bonds is 3. The Kier molecular flexibility index (Phi) is 6.23. The second-order valence-corrected chi connectivity index (χ2v) is 9.90. The van der Waals surface area contributed by atoms with Crippen molar-refractivity contribution in [2.75, 3.05) is 0 Å². The second kappa shape index (κ2) is 8.67. The molecule has 0 heterocycles. The molecule has 1 aromatic rings. The van der Waals surface area contributed by atoms with Crippen LogP contribution in [-0.4, -0.2) is 0 Å². The van der Waals surface area contributed by atoms with Gasteiger partial charge in [-0.1, -0.05) is 24.3 Å². The Bertz CT molecular complexity index is 699. The van der Waals surface area contributed by atoms with Gasteiger partial charge in [0.2, 0.25) is 0 Å². The van der Waals surface area contributed by atoms with Gasteiger partial charge in [-0.3, -0.25) is 0 Å². The predicted octanol–water partition coefficient (Wildman–Crippen LogP) is 7.96. The summed E-state index contributed by atoms with van der Waals surface area (Å²) in [4.78, 5) is 0. The summed E-state index contributed by atoms with van der Waals surface area (Å²) in [6, 6.07) is 3.59. The summed E-state index contributed by atoms with van der Waals surface area (Å²) in [6.45, 7) is 3.78. The zero-order valence-corrected chi connectivity index (χ0v) is 17.6. The Morgan fingerprint density at radius 2 is 1.36 bits per heavy atom. The van der Waals surface area contributed by atoms with E-state index in [9.17, 15) is 8.78 Å². The van der Waals surface area contributed by atoms with Crippen molar-refractivity contribution in [1.82, 2.24) is 0 Å². The van der Waals surface area contributed by atoms with Gasteiger partial charge in [0, 0.05) is 0 Å². The van der Waals surface area contributed by atoms with Gasteiger partial charge >= 0.3 is 0 Å². The first-order valence-corrected chi connectivity index (χ1v) is 11.6. The summed E-state index contributed by atoms with van der Waals surface area (Å²) in [5.74, 6) is 3.19. The van der Waals surface area contributed by atoms with Crippen molar-refractivity contribution in [3.8, 4) is 0 Å².